The van der Waals surface area contributed by atoms with E-state index in [-0.39, 0.29) is 17.2 Å². The van der Waals surface area contributed by atoms with Crippen LogP contribution in [0.25, 0.3) is 0 Å². The molecular formula is C17H18ClNO. The Morgan fingerprint density at radius 2 is 1.85 bits per heavy atom. The Kier molecular flexibility index (Phi) is 3.14. The van der Waals surface area contributed by atoms with Crippen molar-refractivity contribution in [2.24, 2.45) is 5.41 Å². The fourth-order valence-electron chi connectivity index (χ4n) is 3.01. The quantitative estimate of drug-likeness (QED) is 0.779. The van der Waals surface area contributed by atoms with Gasteiger partial charge in [-0.3, -0.25) is 0 Å². The van der Waals surface area contributed by atoms with Gasteiger partial charge < -0.3 is 10.4 Å². The van der Waals surface area contributed by atoms with Crippen molar-refractivity contribution in [1.82, 2.24) is 0 Å². The molecule has 0 saturated heterocycles. The van der Waals surface area contributed by atoms with Gasteiger partial charge in [-0.2, -0.15) is 0 Å². The van der Waals surface area contributed by atoms with Gasteiger partial charge in [0.05, 0.1) is 6.04 Å². The van der Waals surface area contributed by atoms with E-state index in [1.165, 1.54) is 11.1 Å². The summed E-state index contributed by atoms with van der Waals surface area (Å²) in [4.78, 5) is 0. The number of phenols is 1. The SMILES string of the molecule is CC1(C)Cc2ccc(Cl)cc2C1Nc1ccc(O)cc1. The minimum Gasteiger partial charge on any atom is -0.508 e. The van der Waals surface area contributed by atoms with Crippen LogP contribution in [0.1, 0.15) is 31.0 Å². The second-order valence-electron chi connectivity index (χ2n) is 6.13. The summed E-state index contributed by atoms with van der Waals surface area (Å²) in [6.07, 6.45) is 1.04. The molecule has 1 aliphatic carbocycles. The van der Waals surface area contributed by atoms with Crippen LogP contribution >= 0.6 is 11.6 Å². The third-order valence-electron chi connectivity index (χ3n) is 4.02. The third kappa shape index (κ3) is 2.36. The molecule has 1 atom stereocenters. The lowest BCUT2D eigenvalue weighted by Gasteiger charge is -2.29. The number of hydrogen-bond donors (Lipinski definition) is 2. The molecule has 0 amide bonds. The average Bonchev–Trinajstić information content (AvgIpc) is 2.63. The molecule has 104 valence electrons. The number of rotatable bonds is 2. The van der Waals surface area contributed by atoms with E-state index >= 15 is 0 Å². The maximum Gasteiger partial charge on any atom is 0.115 e. The summed E-state index contributed by atoms with van der Waals surface area (Å²) in [7, 11) is 0. The molecule has 2 aromatic rings. The zero-order chi connectivity index (χ0) is 14.3. The van der Waals surface area contributed by atoms with Crippen molar-refractivity contribution in [2.75, 3.05) is 5.32 Å². The molecule has 1 aliphatic rings. The maximum atomic E-state index is 9.37. The molecule has 2 nitrogen and oxygen atoms in total. The Hall–Kier alpha value is -1.67. The average molecular weight is 288 g/mol. The highest BCUT2D eigenvalue weighted by Gasteiger charge is 2.38. The van der Waals surface area contributed by atoms with Crippen LogP contribution in [-0.2, 0) is 6.42 Å². The van der Waals surface area contributed by atoms with Crippen molar-refractivity contribution in [3.63, 3.8) is 0 Å². The third-order valence-corrected chi connectivity index (χ3v) is 4.26. The molecule has 20 heavy (non-hydrogen) atoms. The zero-order valence-electron chi connectivity index (χ0n) is 11.7. The number of anilines is 1. The molecule has 1 unspecified atom stereocenters. The Morgan fingerprint density at radius 3 is 2.55 bits per heavy atom. The van der Waals surface area contributed by atoms with Crippen molar-refractivity contribution in [2.45, 2.75) is 26.3 Å². The van der Waals surface area contributed by atoms with Crippen molar-refractivity contribution >= 4 is 17.3 Å². The standard InChI is InChI=1S/C17H18ClNO/c1-17(2)10-11-3-4-12(18)9-15(11)16(17)19-13-5-7-14(20)8-6-13/h3-9,16,19-20H,10H2,1-2H3. The molecule has 0 heterocycles. The second kappa shape index (κ2) is 4.71. The molecule has 0 fully saturated rings. The normalized spacial score (nSPS) is 19.6. The van der Waals surface area contributed by atoms with Crippen LogP contribution in [-0.4, -0.2) is 5.11 Å². The van der Waals surface area contributed by atoms with E-state index in [9.17, 15) is 5.11 Å². The fraction of sp³-hybridized carbons (Fsp3) is 0.294. The predicted molar refractivity (Wildman–Crippen MR) is 83.4 cm³/mol. The summed E-state index contributed by atoms with van der Waals surface area (Å²) in [6, 6.07) is 13.6. The second-order valence-corrected chi connectivity index (χ2v) is 6.57. The monoisotopic (exact) mass is 287 g/mol. The summed E-state index contributed by atoms with van der Waals surface area (Å²) < 4.78 is 0. The Morgan fingerprint density at radius 1 is 1.15 bits per heavy atom. The zero-order valence-corrected chi connectivity index (χ0v) is 12.4. The van der Waals surface area contributed by atoms with Gasteiger partial charge in [0, 0.05) is 10.7 Å². The lowest BCUT2D eigenvalue weighted by molar-refractivity contribution is 0.337. The van der Waals surface area contributed by atoms with Gasteiger partial charge in [0.15, 0.2) is 0 Å². The molecule has 2 N–H and O–H groups in total. The molecular weight excluding hydrogens is 270 g/mol. The van der Waals surface area contributed by atoms with E-state index in [0.29, 0.717) is 0 Å². The number of aromatic hydroxyl groups is 1. The maximum absolute atomic E-state index is 9.37. The van der Waals surface area contributed by atoms with Crippen LogP contribution in [0.4, 0.5) is 5.69 Å². The first kappa shape index (κ1) is 13.3. The van der Waals surface area contributed by atoms with Gasteiger partial charge in [0.2, 0.25) is 0 Å². The molecule has 0 aliphatic heterocycles. The first-order valence-electron chi connectivity index (χ1n) is 6.80. The first-order valence-corrected chi connectivity index (χ1v) is 7.17. The highest BCUT2D eigenvalue weighted by molar-refractivity contribution is 6.30. The largest absolute Gasteiger partial charge is 0.508 e. The van der Waals surface area contributed by atoms with E-state index in [1.54, 1.807) is 12.1 Å². The fourth-order valence-corrected chi connectivity index (χ4v) is 3.19. The number of fused-ring (bicyclic) bond motifs is 1. The van der Waals surface area contributed by atoms with Crippen LogP contribution in [0, 0.1) is 5.41 Å². The van der Waals surface area contributed by atoms with Crippen molar-refractivity contribution in [3.05, 3.63) is 58.6 Å². The minimum atomic E-state index is 0.130. The Balaban J connectivity index is 1.95. The summed E-state index contributed by atoms with van der Waals surface area (Å²) in [5.74, 6) is 0.282. The first-order chi connectivity index (χ1) is 9.45. The van der Waals surface area contributed by atoms with Gasteiger partial charge in [-0.15, -0.1) is 0 Å². The topological polar surface area (TPSA) is 32.3 Å². The van der Waals surface area contributed by atoms with E-state index in [0.717, 1.165) is 17.1 Å². The Bertz CT molecular complexity index is 634. The molecule has 0 aromatic heterocycles. The van der Waals surface area contributed by atoms with Gasteiger partial charge >= 0.3 is 0 Å². The Labute approximate surface area is 124 Å². The van der Waals surface area contributed by atoms with Crippen LogP contribution < -0.4 is 5.32 Å². The number of hydrogen-bond acceptors (Lipinski definition) is 2. The number of benzene rings is 2. The minimum absolute atomic E-state index is 0.130. The van der Waals surface area contributed by atoms with Crippen molar-refractivity contribution < 1.29 is 5.11 Å². The van der Waals surface area contributed by atoms with Crippen molar-refractivity contribution in [1.29, 1.82) is 0 Å². The highest BCUT2D eigenvalue weighted by atomic mass is 35.5. The van der Waals surface area contributed by atoms with Crippen LogP contribution in [0.3, 0.4) is 0 Å². The summed E-state index contributed by atoms with van der Waals surface area (Å²) >= 11 is 6.14. The van der Waals surface area contributed by atoms with E-state index in [2.05, 4.69) is 31.3 Å². The van der Waals surface area contributed by atoms with E-state index in [4.69, 9.17) is 11.6 Å². The highest BCUT2D eigenvalue weighted by Crippen LogP contribution is 2.47. The van der Waals surface area contributed by atoms with Crippen LogP contribution in [0.2, 0.25) is 5.02 Å². The van der Waals surface area contributed by atoms with Crippen molar-refractivity contribution in [3.8, 4) is 5.75 Å². The predicted octanol–water partition coefficient (Wildman–Crippen LogP) is 4.78. The molecule has 2 aromatic carbocycles. The summed E-state index contributed by atoms with van der Waals surface area (Å²) in [5, 5.41) is 13.7. The summed E-state index contributed by atoms with van der Waals surface area (Å²) in [5.41, 5.74) is 3.77. The molecule has 0 saturated carbocycles. The van der Waals surface area contributed by atoms with Crippen LogP contribution in [0.15, 0.2) is 42.5 Å². The van der Waals surface area contributed by atoms with E-state index < -0.39 is 0 Å². The molecule has 0 spiro atoms. The van der Waals surface area contributed by atoms with E-state index in [1.807, 2.05) is 18.2 Å². The summed E-state index contributed by atoms with van der Waals surface area (Å²) in [6.45, 7) is 4.53. The van der Waals surface area contributed by atoms with Gasteiger partial charge in [0.25, 0.3) is 0 Å². The number of halogens is 1. The molecule has 0 radical (unpaired) electrons. The van der Waals surface area contributed by atoms with Crippen LogP contribution in [0.5, 0.6) is 5.75 Å². The number of phenolic OH excluding ortho intramolecular Hbond substituents is 1. The number of nitrogens with one attached hydrogen (secondary N) is 1. The van der Waals surface area contributed by atoms with Gasteiger partial charge in [0.1, 0.15) is 5.75 Å². The smallest absolute Gasteiger partial charge is 0.115 e. The lowest BCUT2D eigenvalue weighted by atomic mass is 9.85. The molecule has 0 bridgehead atoms. The van der Waals surface area contributed by atoms with Gasteiger partial charge in [-0.05, 0) is 59.4 Å². The van der Waals surface area contributed by atoms with Gasteiger partial charge in [-0.1, -0.05) is 31.5 Å². The van der Waals surface area contributed by atoms with Gasteiger partial charge in [-0.25, -0.2) is 0 Å². The lowest BCUT2D eigenvalue weighted by Crippen LogP contribution is -2.24. The molecule has 3 heteroatoms. The molecule has 3 rings (SSSR count).